The number of nitrogens with zero attached hydrogens (tertiary/aromatic N) is 2. The van der Waals surface area contributed by atoms with Crippen LogP contribution in [0, 0.1) is 11.8 Å². The lowest BCUT2D eigenvalue weighted by atomic mass is 9.85. The van der Waals surface area contributed by atoms with E-state index >= 15 is 0 Å². The Morgan fingerprint density at radius 1 is 1.38 bits per heavy atom. The summed E-state index contributed by atoms with van der Waals surface area (Å²) in [7, 11) is 1.86. The maximum atomic E-state index is 12.4. The number of piperidine rings is 1. The van der Waals surface area contributed by atoms with Crippen LogP contribution in [-0.4, -0.2) is 53.6 Å². The van der Waals surface area contributed by atoms with E-state index in [1.54, 1.807) is 4.90 Å². The quantitative estimate of drug-likeness (QED) is 0.735. The van der Waals surface area contributed by atoms with Crippen molar-refractivity contribution in [3.8, 4) is 0 Å². The molecule has 0 radical (unpaired) electrons. The molecule has 21 heavy (non-hydrogen) atoms. The predicted octanol–water partition coefficient (Wildman–Crippen LogP) is 3.05. The van der Waals surface area contributed by atoms with Gasteiger partial charge in [0.1, 0.15) is 0 Å². The number of aliphatic carboxylic acids is 1. The normalized spacial score (nSPS) is 20.1. The summed E-state index contributed by atoms with van der Waals surface area (Å²) in [6.45, 7) is 6.44. The van der Waals surface area contributed by atoms with Gasteiger partial charge in [0.05, 0.1) is 0 Å². The van der Waals surface area contributed by atoms with Gasteiger partial charge in [-0.25, -0.2) is 4.79 Å². The van der Waals surface area contributed by atoms with Gasteiger partial charge in [0.25, 0.3) is 0 Å². The first-order valence-corrected chi connectivity index (χ1v) is 8.17. The molecule has 0 aromatic rings. The highest BCUT2D eigenvalue weighted by molar-refractivity contribution is 5.74. The number of carboxylic acid groups (broad SMARTS) is 1. The van der Waals surface area contributed by atoms with Gasteiger partial charge in [-0.05, 0) is 31.1 Å². The first-order chi connectivity index (χ1) is 9.95. The van der Waals surface area contributed by atoms with Crippen LogP contribution in [0.4, 0.5) is 4.79 Å². The molecule has 0 bridgehead atoms. The summed E-state index contributed by atoms with van der Waals surface area (Å²) >= 11 is 0. The molecule has 0 spiro atoms. The summed E-state index contributed by atoms with van der Waals surface area (Å²) in [5, 5.41) is 8.91. The fourth-order valence-corrected chi connectivity index (χ4v) is 3.03. The average molecular weight is 298 g/mol. The minimum atomic E-state index is -0.748. The lowest BCUT2D eigenvalue weighted by Gasteiger charge is -2.37. The van der Waals surface area contributed by atoms with Crippen molar-refractivity contribution in [1.29, 1.82) is 0 Å². The number of likely N-dealkylation sites (tertiary alicyclic amines) is 1. The molecule has 0 aromatic carbocycles. The third-order valence-electron chi connectivity index (χ3n) is 4.45. The van der Waals surface area contributed by atoms with E-state index in [1.165, 1.54) is 0 Å². The number of carboxylic acids is 1. The van der Waals surface area contributed by atoms with Gasteiger partial charge in [-0.3, -0.25) is 4.79 Å². The number of urea groups is 1. The second-order valence-corrected chi connectivity index (χ2v) is 6.33. The fraction of sp³-hybridized carbons (Fsp3) is 0.875. The van der Waals surface area contributed by atoms with Crippen LogP contribution in [0.5, 0.6) is 0 Å². The summed E-state index contributed by atoms with van der Waals surface area (Å²) in [6, 6.07) is 0.0957. The molecule has 5 nitrogen and oxygen atoms in total. The summed E-state index contributed by atoms with van der Waals surface area (Å²) in [4.78, 5) is 27.0. The molecule has 1 saturated heterocycles. The number of unbranched alkanes of at least 4 members (excludes halogenated alkanes) is 2. The molecule has 2 amide bonds. The monoisotopic (exact) mass is 298 g/mol. The minimum Gasteiger partial charge on any atom is -0.481 e. The SMILES string of the molecule is CCCCCN(C)C(=O)N1CCCC(C(C)CC(=O)O)C1. The van der Waals surface area contributed by atoms with Gasteiger partial charge < -0.3 is 14.9 Å². The standard InChI is InChI=1S/C16H30N2O3/c1-4-5-6-9-17(3)16(21)18-10-7-8-14(12-18)13(2)11-15(19)20/h13-14H,4-12H2,1-3H3,(H,19,20). The molecule has 1 N–H and O–H groups in total. The largest absolute Gasteiger partial charge is 0.481 e. The zero-order valence-corrected chi connectivity index (χ0v) is 13.7. The Hall–Kier alpha value is -1.26. The van der Waals surface area contributed by atoms with Crippen molar-refractivity contribution in [2.24, 2.45) is 11.8 Å². The molecule has 2 atom stereocenters. The second-order valence-electron chi connectivity index (χ2n) is 6.33. The zero-order chi connectivity index (χ0) is 15.8. The smallest absolute Gasteiger partial charge is 0.319 e. The van der Waals surface area contributed by atoms with Gasteiger partial charge in [0.2, 0.25) is 0 Å². The number of rotatable bonds is 7. The molecule has 1 aliphatic heterocycles. The van der Waals surface area contributed by atoms with E-state index in [0.29, 0.717) is 12.5 Å². The molecule has 0 aliphatic carbocycles. The van der Waals surface area contributed by atoms with Crippen LogP contribution in [0.2, 0.25) is 0 Å². The molecule has 5 heteroatoms. The highest BCUT2D eigenvalue weighted by Crippen LogP contribution is 2.26. The van der Waals surface area contributed by atoms with E-state index in [1.807, 2.05) is 18.9 Å². The maximum absolute atomic E-state index is 12.4. The van der Waals surface area contributed by atoms with Crippen molar-refractivity contribution in [2.45, 2.75) is 52.4 Å². The molecule has 0 saturated carbocycles. The van der Waals surface area contributed by atoms with Crippen LogP contribution >= 0.6 is 0 Å². The molecular weight excluding hydrogens is 268 g/mol. The van der Waals surface area contributed by atoms with Crippen molar-refractivity contribution >= 4 is 12.0 Å². The Morgan fingerprint density at radius 2 is 2.10 bits per heavy atom. The van der Waals surface area contributed by atoms with Gasteiger partial charge in [-0.15, -0.1) is 0 Å². The number of carbonyl (C=O) groups is 2. The predicted molar refractivity (Wildman–Crippen MR) is 83.3 cm³/mol. The number of hydrogen-bond acceptors (Lipinski definition) is 2. The van der Waals surface area contributed by atoms with Gasteiger partial charge in [0, 0.05) is 33.1 Å². The second kappa shape index (κ2) is 8.90. The first kappa shape index (κ1) is 17.8. The summed E-state index contributed by atoms with van der Waals surface area (Å²) in [6.07, 6.45) is 5.54. The first-order valence-electron chi connectivity index (χ1n) is 8.17. The van der Waals surface area contributed by atoms with E-state index in [9.17, 15) is 9.59 Å². The van der Waals surface area contributed by atoms with Crippen molar-refractivity contribution in [2.75, 3.05) is 26.7 Å². The topological polar surface area (TPSA) is 60.9 Å². The highest BCUT2D eigenvalue weighted by atomic mass is 16.4. The molecule has 122 valence electrons. The molecule has 2 unspecified atom stereocenters. The third-order valence-corrected chi connectivity index (χ3v) is 4.45. The Bertz CT molecular complexity index is 346. The average Bonchev–Trinajstić information content (AvgIpc) is 2.46. The molecular formula is C16H30N2O3. The highest BCUT2D eigenvalue weighted by Gasteiger charge is 2.29. The maximum Gasteiger partial charge on any atom is 0.319 e. The summed E-state index contributed by atoms with van der Waals surface area (Å²) in [5.74, 6) is -0.311. The lowest BCUT2D eigenvalue weighted by Crippen LogP contribution is -2.47. The Labute approximate surface area is 128 Å². The number of carbonyl (C=O) groups excluding carboxylic acids is 1. The molecule has 1 fully saturated rings. The van der Waals surface area contributed by atoms with Crippen LogP contribution in [0.25, 0.3) is 0 Å². The minimum absolute atomic E-state index is 0.0957. The Balaban J connectivity index is 2.47. The van der Waals surface area contributed by atoms with E-state index < -0.39 is 5.97 Å². The van der Waals surface area contributed by atoms with Crippen LogP contribution in [-0.2, 0) is 4.79 Å². The van der Waals surface area contributed by atoms with E-state index in [-0.39, 0.29) is 18.4 Å². The van der Waals surface area contributed by atoms with Crippen molar-refractivity contribution < 1.29 is 14.7 Å². The number of amides is 2. The van der Waals surface area contributed by atoms with Crippen molar-refractivity contribution in [3.63, 3.8) is 0 Å². The van der Waals surface area contributed by atoms with Crippen LogP contribution in [0.1, 0.15) is 52.4 Å². The summed E-state index contributed by atoms with van der Waals surface area (Å²) in [5.41, 5.74) is 0. The molecule has 1 heterocycles. The zero-order valence-electron chi connectivity index (χ0n) is 13.7. The Morgan fingerprint density at radius 3 is 2.71 bits per heavy atom. The van der Waals surface area contributed by atoms with Gasteiger partial charge in [-0.2, -0.15) is 0 Å². The van der Waals surface area contributed by atoms with Crippen LogP contribution in [0.15, 0.2) is 0 Å². The van der Waals surface area contributed by atoms with E-state index in [4.69, 9.17) is 5.11 Å². The van der Waals surface area contributed by atoms with Crippen molar-refractivity contribution in [1.82, 2.24) is 9.80 Å². The molecule has 0 aromatic heterocycles. The van der Waals surface area contributed by atoms with Crippen LogP contribution < -0.4 is 0 Å². The van der Waals surface area contributed by atoms with Gasteiger partial charge >= 0.3 is 12.0 Å². The Kier molecular flexibility index (Phi) is 7.54. The molecule has 1 aliphatic rings. The fourth-order valence-electron chi connectivity index (χ4n) is 3.03. The third kappa shape index (κ3) is 5.94. The van der Waals surface area contributed by atoms with E-state index in [0.717, 1.165) is 45.2 Å². The van der Waals surface area contributed by atoms with Gasteiger partial charge in [0.15, 0.2) is 0 Å². The molecule has 1 rings (SSSR count). The van der Waals surface area contributed by atoms with Gasteiger partial charge in [-0.1, -0.05) is 26.7 Å². The van der Waals surface area contributed by atoms with Crippen molar-refractivity contribution in [3.05, 3.63) is 0 Å². The summed E-state index contributed by atoms with van der Waals surface area (Å²) < 4.78 is 0. The lowest BCUT2D eigenvalue weighted by molar-refractivity contribution is -0.138. The number of hydrogen-bond donors (Lipinski definition) is 1. The van der Waals surface area contributed by atoms with Crippen LogP contribution in [0.3, 0.4) is 0 Å². The van der Waals surface area contributed by atoms with E-state index in [2.05, 4.69) is 6.92 Å².